The number of aromatic nitrogens is 5. The minimum Gasteiger partial charge on any atom is -0.383 e. The lowest BCUT2D eigenvalue weighted by Gasteiger charge is -2.10. The number of rotatable bonds is 6. The van der Waals surface area contributed by atoms with Gasteiger partial charge in [-0.25, -0.2) is 14.6 Å². The minimum absolute atomic E-state index is 0.387. The normalized spacial score (nSPS) is 14.4. The average molecular weight is 450 g/mol. The molecular formula is C27H27N7. The highest BCUT2D eigenvalue weighted by atomic mass is 15.3. The molecular weight excluding hydrogens is 422 g/mol. The number of benzene rings is 2. The lowest BCUT2D eigenvalue weighted by Crippen LogP contribution is -2.13. The largest absolute Gasteiger partial charge is 0.383 e. The zero-order valence-corrected chi connectivity index (χ0v) is 19.0. The summed E-state index contributed by atoms with van der Waals surface area (Å²) in [6.07, 6.45) is 8.12. The monoisotopic (exact) mass is 449 g/mol. The summed E-state index contributed by atoms with van der Waals surface area (Å²) in [5, 5.41) is 10.5. The van der Waals surface area contributed by atoms with Gasteiger partial charge in [-0.05, 0) is 30.0 Å². The number of nitrogens with two attached hydrogens (primary N) is 1. The highest BCUT2D eigenvalue weighted by molar-refractivity contribution is 5.98. The summed E-state index contributed by atoms with van der Waals surface area (Å²) in [5.74, 6) is 0.485. The van der Waals surface area contributed by atoms with Crippen LogP contribution in [-0.4, -0.2) is 24.7 Å². The molecule has 3 N–H and O–H groups in total. The van der Waals surface area contributed by atoms with Crippen molar-refractivity contribution < 1.29 is 0 Å². The fourth-order valence-electron chi connectivity index (χ4n) is 5.03. The van der Waals surface area contributed by atoms with Gasteiger partial charge in [-0.2, -0.15) is 5.10 Å². The smallest absolute Gasteiger partial charge is 0.164 e. The molecule has 3 aromatic heterocycles. The number of nitrogens with zero attached hydrogens (tertiary/aromatic N) is 5. The highest BCUT2D eigenvalue weighted by Crippen LogP contribution is 2.36. The fraction of sp³-hybridized carbons (Fsp3) is 0.259. The van der Waals surface area contributed by atoms with Gasteiger partial charge in [-0.3, -0.25) is 4.98 Å². The van der Waals surface area contributed by atoms with Gasteiger partial charge in [0.15, 0.2) is 5.65 Å². The van der Waals surface area contributed by atoms with Gasteiger partial charge < -0.3 is 11.1 Å². The molecule has 34 heavy (non-hydrogen) atoms. The Kier molecular flexibility index (Phi) is 5.39. The molecule has 1 aliphatic rings. The van der Waals surface area contributed by atoms with Gasteiger partial charge in [0.1, 0.15) is 17.8 Å². The van der Waals surface area contributed by atoms with E-state index in [-0.39, 0.29) is 0 Å². The molecule has 0 atom stereocenters. The molecule has 170 valence electrons. The second-order valence-electron chi connectivity index (χ2n) is 8.98. The lowest BCUT2D eigenvalue weighted by molar-refractivity contribution is 0.479. The summed E-state index contributed by atoms with van der Waals surface area (Å²) >= 11 is 0. The number of anilines is 1. The van der Waals surface area contributed by atoms with E-state index in [2.05, 4.69) is 73.5 Å². The Morgan fingerprint density at radius 2 is 1.74 bits per heavy atom. The van der Waals surface area contributed by atoms with Crippen LogP contribution >= 0.6 is 0 Å². The summed E-state index contributed by atoms with van der Waals surface area (Å²) in [7, 11) is 0. The molecule has 3 heterocycles. The van der Waals surface area contributed by atoms with Crippen molar-refractivity contribution in [2.45, 2.75) is 44.8 Å². The zero-order chi connectivity index (χ0) is 22.9. The number of fused-ring (bicyclic) bond motifs is 2. The average Bonchev–Trinajstić information content (AvgIpc) is 3.54. The molecule has 0 spiro atoms. The zero-order valence-electron chi connectivity index (χ0n) is 19.0. The molecule has 1 fully saturated rings. The van der Waals surface area contributed by atoms with Crippen molar-refractivity contribution in [1.29, 1.82) is 0 Å². The number of hydrogen-bond acceptors (Lipinski definition) is 6. The predicted octanol–water partition coefficient (Wildman–Crippen LogP) is 5.03. The summed E-state index contributed by atoms with van der Waals surface area (Å²) in [6, 6.07) is 19.3. The molecule has 1 saturated carbocycles. The molecule has 0 unspecified atom stereocenters. The van der Waals surface area contributed by atoms with Crippen LogP contribution in [0.5, 0.6) is 0 Å². The second kappa shape index (κ2) is 8.83. The second-order valence-corrected chi connectivity index (χ2v) is 8.98. The third-order valence-electron chi connectivity index (χ3n) is 6.78. The molecule has 0 radical (unpaired) electrons. The Hall–Kier alpha value is -3.84. The van der Waals surface area contributed by atoms with Gasteiger partial charge in [0.25, 0.3) is 0 Å². The van der Waals surface area contributed by atoms with Gasteiger partial charge >= 0.3 is 0 Å². The van der Waals surface area contributed by atoms with Crippen LogP contribution in [0, 0.1) is 0 Å². The van der Waals surface area contributed by atoms with Crippen molar-refractivity contribution in [2.24, 2.45) is 0 Å². The Balaban J connectivity index is 1.22. The first-order chi connectivity index (χ1) is 16.8. The summed E-state index contributed by atoms with van der Waals surface area (Å²) in [5.41, 5.74) is 12.5. The van der Waals surface area contributed by atoms with E-state index in [4.69, 9.17) is 10.8 Å². The summed E-state index contributed by atoms with van der Waals surface area (Å²) in [4.78, 5) is 13.3. The molecule has 7 nitrogen and oxygen atoms in total. The Labute approximate surface area is 198 Å². The van der Waals surface area contributed by atoms with Gasteiger partial charge in [0.05, 0.1) is 16.9 Å². The molecule has 0 saturated heterocycles. The maximum absolute atomic E-state index is 6.28. The van der Waals surface area contributed by atoms with Gasteiger partial charge in [-0.1, -0.05) is 61.4 Å². The van der Waals surface area contributed by atoms with Crippen LogP contribution in [0.15, 0.2) is 67.1 Å². The molecule has 7 heteroatoms. The van der Waals surface area contributed by atoms with Crippen LogP contribution in [0.4, 0.5) is 5.82 Å². The molecule has 1 aliphatic carbocycles. The number of pyridine rings is 1. The number of para-hydroxylation sites is 1. The van der Waals surface area contributed by atoms with Gasteiger partial charge in [0, 0.05) is 30.2 Å². The molecule has 0 aliphatic heterocycles. The predicted molar refractivity (Wildman–Crippen MR) is 135 cm³/mol. The van der Waals surface area contributed by atoms with Crippen molar-refractivity contribution in [3.8, 4) is 11.3 Å². The van der Waals surface area contributed by atoms with E-state index in [0.717, 1.165) is 53.7 Å². The third kappa shape index (κ3) is 3.78. The summed E-state index contributed by atoms with van der Waals surface area (Å²) < 4.78 is 2.07. The van der Waals surface area contributed by atoms with Gasteiger partial charge in [0.2, 0.25) is 0 Å². The fourth-order valence-corrected chi connectivity index (χ4v) is 5.03. The van der Waals surface area contributed by atoms with Crippen molar-refractivity contribution in [2.75, 3.05) is 5.73 Å². The summed E-state index contributed by atoms with van der Waals surface area (Å²) in [6.45, 7) is 1.53. The number of hydrogen-bond donors (Lipinski definition) is 2. The topological polar surface area (TPSA) is 94.5 Å². The van der Waals surface area contributed by atoms with Crippen LogP contribution in [0.3, 0.4) is 0 Å². The maximum Gasteiger partial charge on any atom is 0.164 e. The molecule has 0 amide bonds. The van der Waals surface area contributed by atoms with E-state index >= 15 is 0 Å². The first-order valence-corrected chi connectivity index (χ1v) is 11.9. The van der Waals surface area contributed by atoms with E-state index in [9.17, 15) is 0 Å². The van der Waals surface area contributed by atoms with E-state index in [1.54, 1.807) is 0 Å². The van der Waals surface area contributed by atoms with E-state index in [1.165, 1.54) is 35.7 Å². The van der Waals surface area contributed by atoms with Crippen LogP contribution in [0.2, 0.25) is 0 Å². The van der Waals surface area contributed by atoms with Crippen molar-refractivity contribution in [3.63, 3.8) is 0 Å². The lowest BCUT2D eigenvalue weighted by atomic mass is 10.1. The van der Waals surface area contributed by atoms with Crippen LogP contribution in [-0.2, 0) is 13.1 Å². The standard InChI is InChI=1S/C27H27N7/c28-26-23-25(33-34(22-8-1-2-9-22)27(23)32-17-31-26)20-12-10-18(11-13-20)15-29-16-21-6-3-5-19-7-4-14-30-24(19)21/h3-7,10-14,17,22,29H,1-2,8-9,15-16H2,(H2,28,31,32). The maximum atomic E-state index is 6.28. The van der Waals surface area contributed by atoms with E-state index in [0.29, 0.717) is 11.9 Å². The Morgan fingerprint density at radius 3 is 2.59 bits per heavy atom. The molecule has 6 rings (SSSR count). The van der Waals surface area contributed by atoms with Crippen molar-refractivity contribution in [3.05, 3.63) is 78.2 Å². The van der Waals surface area contributed by atoms with Gasteiger partial charge in [-0.15, -0.1) is 0 Å². The van der Waals surface area contributed by atoms with Crippen molar-refractivity contribution >= 4 is 27.8 Å². The molecule has 5 aromatic rings. The minimum atomic E-state index is 0.387. The SMILES string of the molecule is Nc1ncnc2c1c(-c1ccc(CNCc3cccc4cccnc34)cc1)nn2C1CCCC1. The molecule has 2 aromatic carbocycles. The number of nitrogens with one attached hydrogen (secondary N) is 1. The molecule has 0 bridgehead atoms. The van der Waals surface area contributed by atoms with Crippen LogP contribution < -0.4 is 11.1 Å². The number of nitrogen functional groups attached to an aromatic ring is 1. The Morgan fingerprint density at radius 1 is 0.912 bits per heavy atom. The van der Waals surface area contributed by atoms with E-state index < -0.39 is 0 Å². The van der Waals surface area contributed by atoms with E-state index in [1.807, 2.05) is 12.3 Å². The highest BCUT2D eigenvalue weighted by Gasteiger charge is 2.24. The third-order valence-corrected chi connectivity index (χ3v) is 6.78. The first kappa shape index (κ1) is 20.7. The van der Waals surface area contributed by atoms with Crippen LogP contribution in [0.1, 0.15) is 42.9 Å². The Bertz CT molecular complexity index is 1440. The van der Waals surface area contributed by atoms with Crippen molar-refractivity contribution in [1.82, 2.24) is 30.0 Å². The first-order valence-electron chi connectivity index (χ1n) is 11.9. The quantitative estimate of drug-likeness (QED) is 0.378. The van der Waals surface area contributed by atoms with Crippen LogP contribution in [0.25, 0.3) is 33.2 Å².